The molecule has 1 rings (SSSR count). The fourth-order valence-electron chi connectivity index (χ4n) is 1.79. The summed E-state index contributed by atoms with van der Waals surface area (Å²) in [5.41, 5.74) is 9.35. The summed E-state index contributed by atoms with van der Waals surface area (Å²) in [6, 6.07) is 0. The van der Waals surface area contributed by atoms with E-state index in [0.29, 0.717) is 5.92 Å². The van der Waals surface area contributed by atoms with Crippen LogP contribution in [0, 0.1) is 5.92 Å². The third-order valence-corrected chi connectivity index (χ3v) is 2.76. The van der Waals surface area contributed by atoms with E-state index in [1.165, 1.54) is 6.34 Å². The zero-order valence-electron chi connectivity index (χ0n) is 12.8. The molecule has 0 spiro atoms. The second kappa shape index (κ2) is 7.48. The third-order valence-electron chi connectivity index (χ3n) is 2.76. The summed E-state index contributed by atoms with van der Waals surface area (Å²) < 4.78 is 1.95. The average Bonchev–Trinajstić information content (AvgIpc) is 2.81. The fourth-order valence-corrected chi connectivity index (χ4v) is 1.79. The molecule has 1 aromatic rings. The van der Waals surface area contributed by atoms with Crippen molar-refractivity contribution in [1.82, 2.24) is 9.78 Å². The van der Waals surface area contributed by atoms with Crippen molar-refractivity contribution in [3.63, 3.8) is 0 Å². The Kier molecular flexibility index (Phi) is 5.97. The number of nitrogens with zero attached hydrogens (tertiary/aromatic N) is 3. The van der Waals surface area contributed by atoms with Crippen LogP contribution in [-0.4, -0.2) is 16.1 Å². The molecule has 4 heteroatoms. The summed E-state index contributed by atoms with van der Waals surface area (Å²) in [6.07, 6.45) is 8.98. The maximum absolute atomic E-state index is 5.38. The Morgan fingerprint density at radius 1 is 1.50 bits per heavy atom. The van der Waals surface area contributed by atoms with Crippen LogP contribution >= 0.6 is 0 Å². The molecule has 1 aromatic heterocycles. The first-order chi connectivity index (χ1) is 9.47. The van der Waals surface area contributed by atoms with Gasteiger partial charge in [0, 0.05) is 18.3 Å². The lowest BCUT2D eigenvalue weighted by Crippen LogP contribution is -2.04. The first kappa shape index (κ1) is 16.0. The highest BCUT2D eigenvalue weighted by molar-refractivity contribution is 5.75. The van der Waals surface area contributed by atoms with Crippen LogP contribution in [0.15, 0.2) is 47.4 Å². The number of aliphatic imine (C=N–C) groups is 1. The summed E-state index contributed by atoms with van der Waals surface area (Å²) in [5, 5.41) is 4.37. The van der Waals surface area contributed by atoms with Gasteiger partial charge in [0.25, 0.3) is 0 Å². The summed E-state index contributed by atoms with van der Waals surface area (Å²) >= 11 is 0. The zero-order chi connectivity index (χ0) is 15.1. The molecule has 2 N–H and O–H groups in total. The van der Waals surface area contributed by atoms with Gasteiger partial charge >= 0.3 is 0 Å². The van der Waals surface area contributed by atoms with Gasteiger partial charge in [0.1, 0.15) is 0 Å². The third kappa shape index (κ3) is 4.53. The molecule has 4 nitrogen and oxygen atoms in total. The maximum atomic E-state index is 5.38. The number of rotatable bonds is 6. The molecule has 0 aliphatic rings. The molecule has 20 heavy (non-hydrogen) atoms. The minimum atomic E-state index is 0.564. The van der Waals surface area contributed by atoms with Gasteiger partial charge in [-0.25, -0.2) is 4.99 Å². The Balaban J connectivity index is 3.10. The van der Waals surface area contributed by atoms with Crippen LogP contribution in [0.25, 0.3) is 5.57 Å². The van der Waals surface area contributed by atoms with Gasteiger partial charge in [-0.15, -0.1) is 0 Å². The predicted molar refractivity (Wildman–Crippen MR) is 86.3 cm³/mol. The molecular weight excluding hydrogens is 248 g/mol. The molecule has 0 fully saturated rings. The summed E-state index contributed by atoms with van der Waals surface area (Å²) in [7, 11) is 0. The van der Waals surface area contributed by atoms with Crippen LogP contribution in [0.5, 0.6) is 0 Å². The van der Waals surface area contributed by atoms with Gasteiger partial charge in [-0.3, -0.25) is 4.68 Å². The van der Waals surface area contributed by atoms with E-state index in [-0.39, 0.29) is 0 Å². The highest BCUT2D eigenvalue weighted by Crippen LogP contribution is 2.19. The quantitative estimate of drug-likeness (QED) is 0.490. The van der Waals surface area contributed by atoms with E-state index in [2.05, 4.69) is 30.5 Å². The van der Waals surface area contributed by atoms with E-state index in [0.717, 1.165) is 29.0 Å². The first-order valence-electron chi connectivity index (χ1n) is 6.76. The van der Waals surface area contributed by atoms with Gasteiger partial charge < -0.3 is 5.73 Å². The Morgan fingerprint density at radius 3 is 2.70 bits per heavy atom. The maximum Gasteiger partial charge on any atom is 0.0860 e. The van der Waals surface area contributed by atoms with Crippen LogP contribution in [0.1, 0.15) is 33.3 Å². The molecular formula is C16H24N4. The van der Waals surface area contributed by atoms with Gasteiger partial charge in [0.15, 0.2) is 0 Å². The molecule has 0 aliphatic carbocycles. The van der Waals surface area contributed by atoms with Crippen molar-refractivity contribution in [1.29, 1.82) is 0 Å². The van der Waals surface area contributed by atoms with Gasteiger partial charge in [0.05, 0.1) is 18.2 Å². The summed E-state index contributed by atoms with van der Waals surface area (Å²) in [6.45, 7) is 13.1. The second-order valence-electron chi connectivity index (χ2n) is 5.31. The monoisotopic (exact) mass is 272 g/mol. The number of aromatic nitrogens is 2. The number of hydrogen-bond acceptors (Lipinski definition) is 2. The van der Waals surface area contributed by atoms with E-state index < -0.39 is 0 Å². The molecule has 0 saturated carbocycles. The minimum absolute atomic E-state index is 0.564. The zero-order valence-corrected chi connectivity index (χ0v) is 12.8. The van der Waals surface area contributed by atoms with Crippen molar-refractivity contribution in [2.45, 2.75) is 34.2 Å². The number of nitrogens with two attached hydrogens (primary N) is 1. The van der Waals surface area contributed by atoms with Gasteiger partial charge in [-0.05, 0) is 31.4 Å². The average molecular weight is 272 g/mol. The number of hydrogen-bond donors (Lipinski definition) is 1. The largest absolute Gasteiger partial charge is 0.390 e. The number of allylic oxidation sites excluding steroid dienone is 4. The Labute approximate surface area is 121 Å². The standard InChI is InChI=1S/C16H24N4/c1-6-14(7-16(13(4)5)18-11-17)15-8-19-20(10-15)9-12(2)3/h6-8,10-12H,1,9H2,2-5H3,(H2,17,18)/b14-7+. The van der Waals surface area contributed by atoms with Crippen molar-refractivity contribution < 1.29 is 0 Å². The molecule has 1 heterocycles. The van der Waals surface area contributed by atoms with Crippen molar-refractivity contribution in [3.8, 4) is 0 Å². The van der Waals surface area contributed by atoms with Crippen molar-refractivity contribution in [2.24, 2.45) is 16.6 Å². The Bertz CT molecular complexity index is 541. The molecule has 0 saturated heterocycles. The molecule has 0 radical (unpaired) electrons. The second-order valence-corrected chi connectivity index (χ2v) is 5.31. The molecule has 0 amide bonds. The molecule has 0 bridgehead atoms. The summed E-state index contributed by atoms with van der Waals surface area (Å²) in [5.74, 6) is 0.564. The molecule has 0 atom stereocenters. The lowest BCUT2D eigenvalue weighted by Gasteiger charge is -2.04. The van der Waals surface area contributed by atoms with E-state index in [1.54, 1.807) is 0 Å². The molecule has 0 aliphatic heterocycles. The molecule has 0 aromatic carbocycles. The lowest BCUT2D eigenvalue weighted by molar-refractivity contribution is 0.483. The highest BCUT2D eigenvalue weighted by atomic mass is 15.3. The normalized spacial score (nSPS) is 12.2. The smallest absolute Gasteiger partial charge is 0.0860 e. The fraction of sp³-hybridized carbons (Fsp3) is 0.375. The van der Waals surface area contributed by atoms with Crippen LogP contribution in [0.3, 0.4) is 0 Å². The van der Waals surface area contributed by atoms with Crippen LogP contribution in [0.4, 0.5) is 0 Å². The van der Waals surface area contributed by atoms with E-state index >= 15 is 0 Å². The topological polar surface area (TPSA) is 56.2 Å². The van der Waals surface area contributed by atoms with Crippen LogP contribution in [0.2, 0.25) is 0 Å². The van der Waals surface area contributed by atoms with Crippen molar-refractivity contribution in [3.05, 3.63) is 48.0 Å². The Morgan fingerprint density at radius 2 is 2.20 bits per heavy atom. The summed E-state index contributed by atoms with van der Waals surface area (Å²) in [4.78, 5) is 4.17. The predicted octanol–water partition coefficient (Wildman–Crippen LogP) is 3.39. The SMILES string of the molecule is C=C/C(=C\C(N=CN)=C(C)C)c1cnn(CC(C)C)c1. The lowest BCUT2D eigenvalue weighted by atomic mass is 10.1. The van der Waals surface area contributed by atoms with E-state index in [9.17, 15) is 0 Å². The van der Waals surface area contributed by atoms with Crippen LogP contribution < -0.4 is 5.73 Å². The van der Waals surface area contributed by atoms with Crippen molar-refractivity contribution in [2.75, 3.05) is 0 Å². The highest BCUT2D eigenvalue weighted by Gasteiger charge is 2.05. The van der Waals surface area contributed by atoms with Crippen molar-refractivity contribution >= 4 is 11.9 Å². The minimum Gasteiger partial charge on any atom is -0.390 e. The van der Waals surface area contributed by atoms with Gasteiger partial charge in [-0.1, -0.05) is 32.1 Å². The Hall–Kier alpha value is -2.10. The van der Waals surface area contributed by atoms with Gasteiger partial charge in [0.2, 0.25) is 0 Å². The van der Waals surface area contributed by atoms with E-state index in [1.807, 2.05) is 43.1 Å². The van der Waals surface area contributed by atoms with E-state index in [4.69, 9.17) is 5.73 Å². The van der Waals surface area contributed by atoms with Gasteiger partial charge in [-0.2, -0.15) is 5.10 Å². The first-order valence-corrected chi connectivity index (χ1v) is 6.76. The van der Waals surface area contributed by atoms with Crippen LogP contribution in [-0.2, 0) is 6.54 Å². The molecule has 0 unspecified atom stereocenters. The molecule has 108 valence electrons.